The lowest BCUT2D eigenvalue weighted by atomic mass is 9.79. The molecule has 0 radical (unpaired) electrons. The monoisotopic (exact) mass is 663 g/mol. The number of likely N-dealkylation sites (tertiary alicyclic amines) is 1. The number of benzene rings is 2. The number of aromatic nitrogens is 1. The third-order valence-electron chi connectivity index (χ3n) is 7.65. The lowest BCUT2D eigenvalue weighted by Crippen LogP contribution is -2.47. The van der Waals surface area contributed by atoms with Gasteiger partial charge in [0, 0.05) is 43.1 Å². The van der Waals surface area contributed by atoms with Crippen molar-refractivity contribution in [1.82, 2.24) is 20.5 Å². The zero-order valence-electron chi connectivity index (χ0n) is 25.5. The fourth-order valence-corrected chi connectivity index (χ4v) is 6.99. The number of carbonyl (C=O) groups excluding carboxylic acids is 2. The van der Waals surface area contributed by atoms with E-state index in [1.54, 1.807) is 18.2 Å². The Hall–Kier alpha value is -4.62. The van der Waals surface area contributed by atoms with Gasteiger partial charge in [-0.1, -0.05) is 51.1 Å². The van der Waals surface area contributed by atoms with Crippen LogP contribution in [0.4, 0.5) is 14.9 Å². The lowest BCUT2D eigenvalue weighted by molar-refractivity contribution is -0.119. The Bertz CT molecular complexity index is 1780. The van der Waals surface area contributed by atoms with Crippen LogP contribution in [0.15, 0.2) is 66.9 Å². The Morgan fingerprint density at radius 3 is 2.57 bits per heavy atom. The van der Waals surface area contributed by atoms with Crippen molar-refractivity contribution in [3.05, 3.63) is 83.1 Å². The highest BCUT2D eigenvalue weighted by Gasteiger charge is 2.43. The number of ether oxygens (including phenoxy) is 1. The number of fused-ring (bicyclic) bond motifs is 1. The van der Waals surface area contributed by atoms with Crippen molar-refractivity contribution in [2.45, 2.75) is 39.7 Å². The van der Waals surface area contributed by atoms with Crippen molar-refractivity contribution < 1.29 is 28.6 Å². The van der Waals surface area contributed by atoms with Crippen LogP contribution in [0.5, 0.6) is 11.5 Å². The molecule has 3 heterocycles. The van der Waals surface area contributed by atoms with Gasteiger partial charge in [0.25, 0.3) is 5.91 Å². The number of nitrogens with zero attached hydrogens (tertiary/aromatic N) is 2. The molecule has 3 amide bonds. The van der Waals surface area contributed by atoms with E-state index in [-0.39, 0.29) is 46.5 Å². The van der Waals surface area contributed by atoms with E-state index < -0.39 is 11.9 Å². The first-order valence-corrected chi connectivity index (χ1v) is 15.9. The number of hydrogen-bond donors (Lipinski definition) is 4. The lowest BCUT2D eigenvalue weighted by Gasteiger charge is -2.37. The molecule has 1 fully saturated rings. The minimum atomic E-state index is -0.953. The summed E-state index contributed by atoms with van der Waals surface area (Å²) in [4.78, 5) is 43.4. The summed E-state index contributed by atoms with van der Waals surface area (Å²) < 4.78 is 21.6. The number of carboxylic acid groups (broad SMARTS) is 1. The fraction of sp³-hybridized carbons (Fsp3) is 0.303. The van der Waals surface area contributed by atoms with Gasteiger partial charge in [0.2, 0.25) is 5.91 Å². The number of amides is 3. The average molecular weight is 664 g/mol. The Morgan fingerprint density at radius 2 is 1.87 bits per heavy atom. The molecule has 1 aliphatic heterocycles. The van der Waals surface area contributed by atoms with Crippen molar-refractivity contribution in [3.8, 4) is 11.5 Å². The van der Waals surface area contributed by atoms with E-state index in [2.05, 4.69) is 20.9 Å². The molecule has 0 spiro atoms. The molecule has 1 unspecified atom stereocenters. The van der Waals surface area contributed by atoms with Crippen LogP contribution in [0, 0.1) is 17.2 Å². The molecule has 4 N–H and O–H groups in total. The van der Waals surface area contributed by atoms with E-state index in [0.29, 0.717) is 46.0 Å². The first kappa shape index (κ1) is 32.8. The van der Waals surface area contributed by atoms with Crippen molar-refractivity contribution in [2.24, 2.45) is 11.3 Å². The van der Waals surface area contributed by atoms with Gasteiger partial charge in [0.15, 0.2) is 16.7 Å². The first-order valence-electron chi connectivity index (χ1n) is 14.7. The molecule has 2 aromatic carbocycles. The third kappa shape index (κ3) is 7.77. The number of rotatable bonds is 8. The molecular weight excluding hydrogens is 630 g/mol. The molecule has 1 aliphatic rings. The van der Waals surface area contributed by atoms with Crippen molar-refractivity contribution >= 4 is 62.5 Å². The summed E-state index contributed by atoms with van der Waals surface area (Å²) in [6.07, 6.45) is 1.38. The molecule has 1 saturated heterocycles. The molecule has 46 heavy (non-hydrogen) atoms. The van der Waals surface area contributed by atoms with Crippen LogP contribution < -0.4 is 20.7 Å². The van der Waals surface area contributed by atoms with E-state index in [9.17, 15) is 19.5 Å². The number of thiophene rings is 1. The highest BCUT2D eigenvalue weighted by Crippen LogP contribution is 2.38. The van der Waals surface area contributed by atoms with Crippen LogP contribution in [-0.2, 0) is 11.2 Å². The fourth-order valence-electron chi connectivity index (χ4n) is 5.77. The first-order chi connectivity index (χ1) is 21.9. The van der Waals surface area contributed by atoms with E-state index in [1.165, 1.54) is 34.6 Å². The number of nitrogens with one attached hydrogen (secondary N) is 3. The summed E-state index contributed by atoms with van der Waals surface area (Å²) in [7, 11) is 0. The van der Waals surface area contributed by atoms with Gasteiger partial charge >= 0.3 is 6.09 Å². The molecule has 240 valence electrons. The quantitative estimate of drug-likeness (QED) is 0.159. The van der Waals surface area contributed by atoms with Gasteiger partial charge in [-0.05, 0) is 53.7 Å². The predicted octanol–water partition coefficient (Wildman–Crippen LogP) is 6.43. The highest BCUT2D eigenvalue weighted by atomic mass is 32.1. The number of thiocarbonyl (C=S) groups is 1. The zero-order chi connectivity index (χ0) is 33.0. The number of anilines is 1. The second kappa shape index (κ2) is 13.8. The normalized spacial score (nSPS) is 16.2. The third-order valence-corrected chi connectivity index (χ3v) is 8.99. The summed E-state index contributed by atoms with van der Waals surface area (Å²) in [5.74, 6) is -1.00. The van der Waals surface area contributed by atoms with Gasteiger partial charge in [0.05, 0.1) is 21.5 Å². The number of hydrogen-bond acceptors (Lipinski definition) is 7. The number of carbonyl (C=O) groups is 3. The Kier molecular flexibility index (Phi) is 9.82. The van der Waals surface area contributed by atoms with Crippen molar-refractivity contribution in [3.63, 3.8) is 0 Å². The summed E-state index contributed by atoms with van der Waals surface area (Å²) in [5.41, 5.74) is 1.40. The predicted molar refractivity (Wildman–Crippen MR) is 179 cm³/mol. The SMILES string of the molecule is CC(C)(C)[C@H]1C(CNC(=O)c2cc3nccc(Oc4ccc(NC(=S)NC(=O)Cc5ccccc5)cc4F)c3s2)CCN1C(=O)O. The molecule has 2 atom stereocenters. The van der Waals surface area contributed by atoms with Crippen LogP contribution in [0.1, 0.15) is 42.4 Å². The largest absolute Gasteiger partial charge is 0.465 e. The molecule has 2 aromatic heterocycles. The minimum absolute atomic E-state index is 0.0215. The molecule has 13 heteroatoms. The smallest absolute Gasteiger partial charge is 0.407 e. The van der Waals surface area contributed by atoms with Crippen LogP contribution >= 0.6 is 23.6 Å². The van der Waals surface area contributed by atoms with Gasteiger partial charge in [-0.15, -0.1) is 11.3 Å². The zero-order valence-corrected chi connectivity index (χ0v) is 27.1. The van der Waals surface area contributed by atoms with Crippen LogP contribution in [-0.4, -0.2) is 57.1 Å². The molecule has 0 saturated carbocycles. The number of halogens is 1. The van der Waals surface area contributed by atoms with E-state index >= 15 is 4.39 Å². The van der Waals surface area contributed by atoms with E-state index in [1.807, 2.05) is 51.1 Å². The Labute approximate surface area is 275 Å². The summed E-state index contributed by atoms with van der Waals surface area (Å²) in [6.45, 7) is 6.77. The Balaban J connectivity index is 1.21. The maximum atomic E-state index is 15.1. The van der Waals surface area contributed by atoms with Gasteiger partial charge < -0.3 is 30.7 Å². The van der Waals surface area contributed by atoms with Crippen LogP contribution in [0.25, 0.3) is 10.2 Å². The van der Waals surface area contributed by atoms with Crippen LogP contribution in [0.2, 0.25) is 0 Å². The summed E-state index contributed by atoms with van der Waals surface area (Å²) in [6, 6.07) is 16.5. The second-order valence-electron chi connectivity index (χ2n) is 12.1. The van der Waals surface area contributed by atoms with Gasteiger partial charge in [-0.25, -0.2) is 9.18 Å². The van der Waals surface area contributed by atoms with Gasteiger partial charge in [0.1, 0.15) is 5.75 Å². The molecule has 0 bridgehead atoms. The molecule has 5 rings (SSSR count). The van der Waals surface area contributed by atoms with E-state index in [0.717, 1.165) is 5.56 Å². The van der Waals surface area contributed by atoms with Crippen molar-refractivity contribution in [1.29, 1.82) is 0 Å². The van der Waals surface area contributed by atoms with Crippen LogP contribution in [0.3, 0.4) is 0 Å². The molecular formula is C33H34FN5O5S2. The van der Waals surface area contributed by atoms with Gasteiger partial charge in [-0.3, -0.25) is 14.6 Å². The summed E-state index contributed by atoms with van der Waals surface area (Å²) in [5, 5.41) is 18.0. The average Bonchev–Trinajstić information content (AvgIpc) is 3.63. The minimum Gasteiger partial charge on any atom is -0.465 e. The maximum Gasteiger partial charge on any atom is 0.407 e. The maximum absolute atomic E-state index is 15.1. The molecule has 0 aliphatic carbocycles. The Morgan fingerprint density at radius 1 is 1.11 bits per heavy atom. The molecule has 10 nitrogen and oxygen atoms in total. The van der Waals surface area contributed by atoms with E-state index in [4.69, 9.17) is 17.0 Å². The summed E-state index contributed by atoms with van der Waals surface area (Å²) >= 11 is 6.39. The van der Waals surface area contributed by atoms with Crippen molar-refractivity contribution in [2.75, 3.05) is 18.4 Å². The highest BCUT2D eigenvalue weighted by molar-refractivity contribution is 7.80. The van der Waals surface area contributed by atoms with Gasteiger partial charge in [-0.2, -0.15) is 0 Å². The second-order valence-corrected chi connectivity index (χ2v) is 13.6. The number of pyridine rings is 1. The standard InChI is InChI=1S/C33H34FN5O5S2/c1-33(2,3)29-20(12-14-39(29)32(42)43)18-36-30(41)26-17-23-28(46-26)25(11-13-35-23)44-24-10-9-21(16-22(24)34)37-31(45)38-27(40)15-19-7-5-4-6-8-19/h4-11,13,16-17,20,29H,12,14-15,18H2,1-3H3,(H,36,41)(H,42,43)(H2,37,38,40,45)/t20?,29-/m1/s1. The topological polar surface area (TPSA) is 133 Å². The molecule has 4 aromatic rings.